The third-order valence-electron chi connectivity index (χ3n) is 3.49. The van der Waals surface area contributed by atoms with Crippen molar-refractivity contribution in [3.05, 3.63) is 42.1 Å². The maximum Gasteiger partial charge on any atom is 0.151 e. The van der Waals surface area contributed by atoms with Gasteiger partial charge in [-0.3, -0.25) is 4.98 Å². The fraction of sp³-hybridized carbons (Fsp3) is 0.353. The summed E-state index contributed by atoms with van der Waals surface area (Å²) < 4.78 is 0. The summed E-state index contributed by atoms with van der Waals surface area (Å²) in [6.45, 7) is 11.9. The van der Waals surface area contributed by atoms with Gasteiger partial charge in [0.2, 0.25) is 0 Å². The van der Waals surface area contributed by atoms with Gasteiger partial charge in [-0.25, -0.2) is 0 Å². The molecule has 0 atom stereocenters. The second-order valence-corrected chi connectivity index (χ2v) is 4.64. The number of hydrogen-bond donors (Lipinski definition) is 0. The minimum Gasteiger partial charge on any atom is -0.406 e. The number of hydroxylamine groups is 2. The van der Waals surface area contributed by atoms with Crippen LogP contribution in [0.1, 0.15) is 31.9 Å². The van der Waals surface area contributed by atoms with Gasteiger partial charge in [0.25, 0.3) is 0 Å². The van der Waals surface area contributed by atoms with Crippen LogP contribution in [0.4, 0.5) is 0 Å². The minimum absolute atomic E-state index is 0.860. The molecule has 0 aliphatic heterocycles. The average molecular weight is 270 g/mol. The molecule has 0 fully saturated rings. The zero-order valence-electron chi connectivity index (χ0n) is 12.5. The Kier molecular flexibility index (Phi) is 4.74. The summed E-state index contributed by atoms with van der Waals surface area (Å²) in [6.07, 6.45) is 4.60. The van der Waals surface area contributed by atoms with Crippen LogP contribution in [-0.4, -0.2) is 23.1 Å². The highest BCUT2D eigenvalue weighted by Gasteiger charge is 2.10. The summed E-state index contributed by atoms with van der Waals surface area (Å²) in [5.41, 5.74) is 3.26. The number of aromatic nitrogens is 1. The highest BCUT2D eigenvalue weighted by Crippen LogP contribution is 2.28. The number of pyridine rings is 1. The van der Waals surface area contributed by atoms with Crippen LogP contribution in [0.3, 0.4) is 0 Å². The molecule has 0 aliphatic rings. The maximum absolute atomic E-state index is 6.01. The summed E-state index contributed by atoms with van der Waals surface area (Å²) >= 11 is 0. The van der Waals surface area contributed by atoms with Crippen molar-refractivity contribution in [2.24, 2.45) is 0 Å². The van der Waals surface area contributed by atoms with Crippen molar-refractivity contribution in [1.82, 2.24) is 10.0 Å². The van der Waals surface area contributed by atoms with E-state index in [-0.39, 0.29) is 0 Å². The molecule has 3 heteroatoms. The van der Waals surface area contributed by atoms with Crippen molar-refractivity contribution >= 4 is 17.0 Å². The van der Waals surface area contributed by atoms with Crippen LogP contribution in [0.25, 0.3) is 17.0 Å². The Morgan fingerprint density at radius 3 is 2.60 bits per heavy atom. The largest absolute Gasteiger partial charge is 0.406 e. The number of aryl methyl sites for hydroxylation is 1. The zero-order valence-corrected chi connectivity index (χ0v) is 12.5. The van der Waals surface area contributed by atoms with E-state index in [1.165, 1.54) is 5.56 Å². The molecule has 1 heterocycles. The van der Waals surface area contributed by atoms with E-state index in [4.69, 9.17) is 4.84 Å². The first kappa shape index (κ1) is 14.5. The molecular weight excluding hydrogens is 248 g/mol. The molecule has 0 spiro atoms. The van der Waals surface area contributed by atoms with Gasteiger partial charge in [0.1, 0.15) is 0 Å². The summed E-state index contributed by atoms with van der Waals surface area (Å²) in [5.74, 6) is 0.916. The molecular formula is C17H22N2O. The van der Waals surface area contributed by atoms with Crippen molar-refractivity contribution in [3.8, 4) is 5.75 Å². The Morgan fingerprint density at radius 2 is 2.00 bits per heavy atom. The number of rotatable bonds is 6. The second kappa shape index (κ2) is 6.53. The predicted octanol–water partition coefficient (Wildman–Crippen LogP) is 4.08. The fourth-order valence-corrected chi connectivity index (χ4v) is 2.27. The molecule has 1 aromatic heterocycles. The van der Waals surface area contributed by atoms with Gasteiger partial charge < -0.3 is 4.84 Å². The highest BCUT2D eigenvalue weighted by molar-refractivity contribution is 5.89. The molecule has 3 nitrogen and oxygen atoms in total. The van der Waals surface area contributed by atoms with E-state index in [1.54, 1.807) is 0 Å². The van der Waals surface area contributed by atoms with Gasteiger partial charge in [0, 0.05) is 24.7 Å². The lowest BCUT2D eigenvalue weighted by Gasteiger charge is -2.21. The SMILES string of the molecule is C=Cc1ccnc2cc(CC)c(ON(CC)CC)cc12. The van der Waals surface area contributed by atoms with Crippen LogP contribution >= 0.6 is 0 Å². The third-order valence-corrected chi connectivity index (χ3v) is 3.49. The molecule has 0 saturated carbocycles. The van der Waals surface area contributed by atoms with E-state index in [1.807, 2.05) is 23.4 Å². The molecule has 0 radical (unpaired) electrons. The van der Waals surface area contributed by atoms with Gasteiger partial charge in [0.05, 0.1) is 5.52 Å². The Bertz CT molecular complexity index is 603. The smallest absolute Gasteiger partial charge is 0.151 e. The molecule has 2 rings (SSSR count). The predicted molar refractivity (Wildman–Crippen MR) is 84.8 cm³/mol. The summed E-state index contributed by atoms with van der Waals surface area (Å²) in [5, 5.41) is 3.03. The van der Waals surface area contributed by atoms with Crippen LogP contribution in [-0.2, 0) is 6.42 Å². The van der Waals surface area contributed by atoms with Crippen molar-refractivity contribution in [2.45, 2.75) is 27.2 Å². The quantitative estimate of drug-likeness (QED) is 0.740. The Balaban J connectivity index is 2.54. The molecule has 106 valence electrons. The number of hydrogen-bond acceptors (Lipinski definition) is 3. The van der Waals surface area contributed by atoms with E-state index in [9.17, 15) is 0 Å². The van der Waals surface area contributed by atoms with Crippen molar-refractivity contribution in [1.29, 1.82) is 0 Å². The maximum atomic E-state index is 6.01. The monoisotopic (exact) mass is 270 g/mol. The lowest BCUT2D eigenvalue weighted by molar-refractivity contribution is -0.0493. The molecule has 2 aromatic rings. The van der Waals surface area contributed by atoms with Gasteiger partial charge >= 0.3 is 0 Å². The molecule has 0 saturated heterocycles. The summed E-state index contributed by atoms with van der Waals surface area (Å²) in [7, 11) is 0. The van der Waals surface area contributed by atoms with Crippen LogP contribution in [0.5, 0.6) is 5.75 Å². The fourth-order valence-electron chi connectivity index (χ4n) is 2.27. The molecule has 0 amide bonds. The van der Waals surface area contributed by atoms with Crippen molar-refractivity contribution in [3.63, 3.8) is 0 Å². The van der Waals surface area contributed by atoms with Crippen LogP contribution in [0, 0.1) is 0 Å². The van der Waals surface area contributed by atoms with Gasteiger partial charge in [-0.05, 0) is 49.6 Å². The van der Waals surface area contributed by atoms with Gasteiger partial charge in [-0.2, -0.15) is 0 Å². The van der Waals surface area contributed by atoms with Gasteiger partial charge in [-0.15, -0.1) is 5.06 Å². The first-order valence-electron chi connectivity index (χ1n) is 7.20. The molecule has 0 unspecified atom stereocenters. The normalized spacial score (nSPS) is 11.0. The van der Waals surface area contributed by atoms with Gasteiger partial charge in [-0.1, -0.05) is 19.6 Å². The Morgan fingerprint density at radius 1 is 1.25 bits per heavy atom. The van der Waals surface area contributed by atoms with E-state index in [2.05, 4.69) is 44.5 Å². The Hall–Kier alpha value is -1.87. The molecule has 1 aromatic carbocycles. The molecule has 0 bridgehead atoms. The first-order chi connectivity index (χ1) is 9.73. The van der Waals surface area contributed by atoms with Gasteiger partial charge in [0.15, 0.2) is 5.75 Å². The van der Waals surface area contributed by atoms with Crippen molar-refractivity contribution < 1.29 is 4.84 Å². The van der Waals surface area contributed by atoms with E-state index in [0.29, 0.717) is 0 Å². The zero-order chi connectivity index (χ0) is 14.5. The molecule has 0 aliphatic carbocycles. The van der Waals surface area contributed by atoms with E-state index in [0.717, 1.165) is 41.7 Å². The van der Waals surface area contributed by atoms with E-state index < -0.39 is 0 Å². The van der Waals surface area contributed by atoms with Crippen LogP contribution in [0.2, 0.25) is 0 Å². The molecule has 0 N–H and O–H groups in total. The average Bonchev–Trinajstić information content (AvgIpc) is 2.50. The molecule has 20 heavy (non-hydrogen) atoms. The van der Waals surface area contributed by atoms with Crippen LogP contribution in [0.15, 0.2) is 31.0 Å². The number of nitrogens with zero attached hydrogens (tertiary/aromatic N) is 2. The third kappa shape index (κ3) is 2.83. The van der Waals surface area contributed by atoms with Crippen LogP contribution < -0.4 is 4.84 Å². The minimum atomic E-state index is 0.860. The lowest BCUT2D eigenvalue weighted by atomic mass is 10.0. The standard InChI is InChI=1S/C17H22N2O/c1-5-13-9-10-18-16-11-14(6-2)17(12-15(13)16)20-19(7-3)8-4/h5,9-12H,1,6-8H2,2-4H3. The summed E-state index contributed by atoms with van der Waals surface area (Å²) in [6, 6.07) is 6.17. The highest BCUT2D eigenvalue weighted by atomic mass is 16.7. The Labute approximate surface area is 120 Å². The summed E-state index contributed by atoms with van der Waals surface area (Å²) in [4.78, 5) is 10.5. The first-order valence-corrected chi connectivity index (χ1v) is 7.20. The topological polar surface area (TPSA) is 25.4 Å². The van der Waals surface area contributed by atoms with E-state index >= 15 is 0 Å². The number of benzene rings is 1. The second-order valence-electron chi connectivity index (χ2n) is 4.64. The lowest BCUT2D eigenvalue weighted by Crippen LogP contribution is -2.27. The number of fused-ring (bicyclic) bond motifs is 1. The van der Waals surface area contributed by atoms with Crippen molar-refractivity contribution in [2.75, 3.05) is 13.1 Å².